The maximum Gasteiger partial charge on any atom is 0.336 e. The maximum absolute atomic E-state index is 11.9. The third kappa shape index (κ3) is 4.88. The molecule has 1 aliphatic heterocycles. The van der Waals surface area contributed by atoms with Gasteiger partial charge in [-0.1, -0.05) is 54.1 Å². The summed E-state index contributed by atoms with van der Waals surface area (Å²) in [4.78, 5) is 16.7. The van der Waals surface area contributed by atoms with E-state index in [4.69, 9.17) is 16.0 Å². The molecule has 1 fully saturated rings. The van der Waals surface area contributed by atoms with Crippen molar-refractivity contribution in [2.45, 2.75) is 6.54 Å². The predicted octanol–water partition coefficient (Wildman–Crippen LogP) is 3.98. The smallest absolute Gasteiger partial charge is 0.336 e. The standard InChI is InChI=1S/C23H23ClN2O3/c24-20-14-19-18(13-23(28)29-22(19)15-21(20)27)16-26-11-9-25(10-12-26)8-4-7-17-5-2-1-3-6-17/h1-7,13-15,27H,8-12,16H2/b7-4+. The van der Waals surface area contributed by atoms with Gasteiger partial charge in [-0.3, -0.25) is 9.80 Å². The van der Waals surface area contributed by atoms with Crippen LogP contribution in [-0.4, -0.2) is 47.6 Å². The molecule has 6 heteroatoms. The molecule has 0 atom stereocenters. The van der Waals surface area contributed by atoms with E-state index < -0.39 is 5.63 Å². The monoisotopic (exact) mass is 410 g/mol. The highest BCUT2D eigenvalue weighted by atomic mass is 35.5. The van der Waals surface area contributed by atoms with Gasteiger partial charge in [0.25, 0.3) is 0 Å². The van der Waals surface area contributed by atoms with Gasteiger partial charge in [-0.2, -0.15) is 0 Å². The number of benzene rings is 2. The lowest BCUT2D eigenvalue weighted by atomic mass is 10.1. The van der Waals surface area contributed by atoms with Crippen LogP contribution in [-0.2, 0) is 6.54 Å². The Kier molecular flexibility index (Phi) is 6.00. The minimum atomic E-state index is -0.418. The van der Waals surface area contributed by atoms with Crippen molar-refractivity contribution in [2.75, 3.05) is 32.7 Å². The summed E-state index contributed by atoms with van der Waals surface area (Å²) in [6.07, 6.45) is 4.36. The van der Waals surface area contributed by atoms with E-state index in [1.165, 1.54) is 17.7 Å². The predicted molar refractivity (Wildman–Crippen MR) is 116 cm³/mol. The highest BCUT2D eigenvalue weighted by Crippen LogP contribution is 2.30. The number of fused-ring (bicyclic) bond motifs is 1. The van der Waals surface area contributed by atoms with E-state index in [1.807, 2.05) is 18.2 Å². The lowest BCUT2D eigenvalue weighted by Gasteiger charge is -2.34. The minimum Gasteiger partial charge on any atom is -0.506 e. The summed E-state index contributed by atoms with van der Waals surface area (Å²) in [7, 11) is 0. The van der Waals surface area contributed by atoms with E-state index in [0.717, 1.165) is 43.7 Å². The van der Waals surface area contributed by atoms with Gasteiger partial charge in [-0.15, -0.1) is 0 Å². The highest BCUT2D eigenvalue weighted by molar-refractivity contribution is 6.32. The molecular formula is C23H23ClN2O3. The second-order valence-electron chi connectivity index (χ2n) is 7.28. The Labute approximate surface area is 174 Å². The number of rotatable bonds is 5. The fourth-order valence-electron chi connectivity index (χ4n) is 3.64. The molecule has 0 spiro atoms. The SMILES string of the molecule is O=c1cc(CN2CCN(C/C=C/c3ccccc3)CC2)c2cc(Cl)c(O)cc2o1. The Balaban J connectivity index is 1.38. The molecule has 0 radical (unpaired) electrons. The number of nitrogens with zero attached hydrogens (tertiary/aromatic N) is 2. The summed E-state index contributed by atoms with van der Waals surface area (Å²) in [5.74, 6) is -0.0864. The summed E-state index contributed by atoms with van der Waals surface area (Å²) >= 11 is 6.06. The van der Waals surface area contributed by atoms with Gasteiger partial charge in [0.1, 0.15) is 11.3 Å². The van der Waals surface area contributed by atoms with Crippen molar-refractivity contribution in [3.05, 3.63) is 81.2 Å². The van der Waals surface area contributed by atoms with Gasteiger partial charge in [0.05, 0.1) is 5.02 Å². The molecule has 1 aromatic heterocycles. The van der Waals surface area contributed by atoms with Crippen molar-refractivity contribution in [3.63, 3.8) is 0 Å². The van der Waals surface area contributed by atoms with Gasteiger partial charge >= 0.3 is 5.63 Å². The van der Waals surface area contributed by atoms with Gasteiger partial charge in [0.2, 0.25) is 0 Å². The lowest BCUT2D eigenvalue weighted by Crippen LogP contribution is -2.45. The number of phenols is 1. The molecule has 3 aromatic rings. The zero-order valence-electron chi connectivity index (χ0n) is 16.1. The second kappa shape index (κ2) is 8.82. The Morgan fingerprint density at radius 3 is 2.52 bits per heavy atom. The van der Waals surface area contributed by atoms with Gasteiger partial charge < -0.3 is 9.52 Å². The normalized spacial score (nSPS) is 16.0. The van der Waals surface area contributed by atoms with Crippen LogP contribution in [0.15, 0.2) is 63.8 Å². The highest BCUT2D eigenvalue weighted by Gasteiger charge is 2.18. The summed E-state index contributed by atoms with van der Waals surface area (Å²) in [6, 6.07) is 14.9. The average molecular weight is 411 g/mol. The van der Waals surface area contributed by atoms with Gasteiger partial charge in [-0.05, 0) is 17.2 Å². The third-order valence-corrected chi connectivity index (χ3v) is 5.53. The van der Waals surface area contributed by atoms with Gasteiger partial charge in [-0.25, -0.2) is 4.79 Å². The first-order valence-electron chi connectivity index (χ1n) is 9.70. The van der Waals surface area contributed by atoms with Crippen molar-refractivity contribution in [1.82, 2.24) is 9.80 Å². The van der Waals surface area contributed by atoms with Crippen LogP contribution in [0.2, 0.25) is 5.02 Å². The van der Waals surface area contributed by atoms with Gasteiger partial charge in [0.15, 0.2) is 0 Å². The zero-order valence-corrected chi connectivity index (χ0v) is 16.8. The zero-order chi connectivity index (χ0) is 20.2. The van der Waals surface area contributed by atoms with Crippen LogP contribution in [0, 0.1) is 0 Å². The van der Waals surface area contributed by atoms with Crippen molar-refractivity contribution in [1.29, 1.82) is 0 Å². The molecule has 0 unspecified atom stereocenters. The molecule has 1 N–H and O–H groups in total. The Bertz CT molecular complexity index is 1070. The van der Waals surface area contributed by atoms with Crippen LogP contribution < -0.4 is 5.63 Å². The van der Waals surface area contributed by atoms with Crippen LogP contribution in [0.3, 0.4) is 0 Å². The van der Waals surface area contributed by atoms with Crippen LogP contribution in [0.4, 0.5) is 0 Å². The molecule has 29 heavy (non-hydrogen) atoms. The molecule has 2 aromatic carbocycles. The number of halogens is 1. The molecular weight excluding hydrogens is 388 g/mol. The quantitative estimate of drug-likeness (QED) is 0.645. The second-order valence-corrected chi connectivity index (χ2v) is 7.69. The first kappa shape index (κ1) is 19.7. The molecule has 0 bridgehead atoms. The molecule has 1 saturated heterocycles. The van der Waals surface area contributed by atoms with E-state index in [-0.39, 0.29) is 10.8 Å². The van der Waals surface area contributed by atoms with E-state index in [0.29, 0.717) is 12.1 Å². The van der Waals surface area contributed by atoms with Crippen LogP contribution in [0.5, 0.6) is 5.75 Å². The largest absolute Gasteiger partial charge is 0.506 e. The van der Waals surface area contributed by atoms with Crippen molar-refractivity contribution in [2.24, 2.45) is 0 Å². The molecule has 1 aliphatic rings. The first-order valence-corrected chi connectivity index (χ1v) is 10.1. The minimum absolute atomic E-state index is 0.0864. The Morgan fingerprint density at radius 2 is 1.76 bits per heavy atom. The molecule has 0 saturated carbocycles. The lowest BCUT2D eigenvalue weighted by molar-refractivity contribution is 0.137. The van der Waals surface area contributed by atoms with Crippen molar-refractivity contribution < 1.29 is 9.52 Å². The number of hydrogen-bond donors (Lipinski definition) is 1. The fraction of sp³-hybridized carbons (Fsp3) is 0.261. The molecule has 5 nitrogen and oxygen atoms in total. The van der Waals surface area contributed by atoms with Crippen LogP contribution >= 0.6 is 11.6 Å². The van der Waals surface area contributed by atoms with Crippen molar-refractivity contribution in [3.8, 4) is 5.75 Å². The van der Waals surface area contributed by atoms with Crippen molar-refractivity contribution >= 4 is 28.6 Å². The summed E-state index contributed by atoms with van der Waals surface area (Å²) in [5, 5.41) is 10.8. The van der Waals surface area contributed by atoms with Gasteiger partial charge in [0, 0.05) is 56.8 Å². The number of aromatic hydroxyl groups is 1. The van der Waals surface area contributed by atoms with E-state index >= 15 is 0 Å². The molecule has 150 valence electrons. The topological polar surface area (TPSA) is 56.9 Å². The number of phenolic OH excluding ortho intramolecular Hbond substituents is 1. The van der Waals surface area contributed by atoms with Crippen LogP contribution in [0.1, 0.15) is 11.1 Å². The molecule has 0 aliphatic carbocycles. The molecule has 2 heterocycles. The molecule has 0 amide bonds. The first-order chi connectivity index (χ1) is 14.1. The average Bonchev–Trinajstić information content (AvgIpc) is 2.71. The molecule has 4 rings (SSSR count). The fourth-order valence-corrected chi connectivity index (χ4v) is 3.80. The van der Waals surface area contributed by atoms with E-state index in [2.05, 4.69) is 34.1 Å². The summed E-state index contributed by atoms with van der Waals surface area (Å²) in [5.41, 5.74) is 2.03. The van der Waals surface area contributed by atoms with E-state index in [9.17, 15) is 9.90 Å². The van der Waals surface area contributed by atoms with E-state index in [1.54, 1.807) is 6.07 Å². The maximum atomic E-state index is 11.9. The number of hydrogen-bond acceptors (Lipinski definition) is 5. The third-order valence-electron chi connectivity index (χ3n) is 5.23. The summed E-state index contributed by atoms with van der Waals surface area (Å²) < 4.78 is 5.22. The van der Waals surface area contributed by atoms with Crippen LogP contribution in [0.25, 0.3) is 17.0 Å². The Hall–Kier alpha value is -2.60. The summed E-state index contributed by atoms with van der Waals surface area (Å²) in [6.45, 7) is 5.37. The number of piperazine rings is 1. The Morgan fingerprint density at radius 1 is 1.03 bits per heavy atom.